The van der Waals surface area contributed by atoms with Gasteiger partial charge in [-0.1, -0.05) is 36.2 Å². The fourth-order valence-corrected chi connectivity index (χ4v) is 2.57. The van der Waals surface area contributed by atoms with Crippen molar-refractivity contribution in [3.8, 4) is 0 Å². The van der Waals surface area contributed by atoms with Crippen molar-refractivity contribution in [2.75, 3.05) is 5.32 Å². The molecule has 1 atom stereocenters. The smallest absolute Gasteiger partial charge is 0.331 e. The maximum atomic E-state index is 12.4. The summed E-state index contributed by atoms with van der Waals surface area (Å²) >= 11 is 5.76. The van der Waals surface area contributed by atoms with E-state index in [1.807, 2.05) is 6.92 Å². The first-order chi connectivity index (χ1) is 13.8. The molecule has 0 aliphatic rings. The molecule has 1 unspecified atom stereocenters. The van der Waals surface area contributed by atoms with Gasteiger partial charge in [0, 0.05) is 18.2 Å². The van der Waals surface area contributed by atoms with Gasteiger partial charge >= 0.3 is 5.97 Å². The number of esters is 1. The third-order valence-electron chi connectivity index (χ3n) is 3.83. The van der Waals surface area contributed by atoms with Crippen molar-refractivity contribution in [2.45, 2.75) is 39.2 Å². The highest BCUT2D eigenvalue weighted by Gasteiger charge is 2.23. The first kappa shape index (κ1) is 22.1. The number of carbonyl (C=O) groups excluding carboxylic acids is 2. The van der Waals surface area contributed by atoms with Gasteiger partial charge in [-0.05, 0) is 37.5 Å². The SMILES string of the molecule is CCCCC(OC(=O)/C=C/c1ccc(Cl)c([N+](=O)[O-])c1)C(=O)Nc1cc(C)on1. The molecular weight excluding hydrogens is 402 g/mol. The van der Waals surface area contributed by atoms with Crippen LogP contribution in [0, 0.1) is 17.0 Å². The highest BCUT2D eigenvalue weighted by Crippen LogP contribution is 2.25. The van der Waals surface area contributed by atoms with Gasteiger partial charge in [-0.2, -0.15) is 0 Å². The molecule has 0 radical (unpaired) electrons. The average Bonchev–Trinajstić information content (AvgIpc) is 3.08. The molecule has 0 aliphatic heterocycles. The van der Waals surface area contributed by atoms with E-state index in [4.69, 9.17) is 20.9 Å². The van der Waals surface area contributed by atoms with E-state index in [1.165, 1.54) is 24.3 Å². The van der Waals surface area contributed by atoms with Crippen molar-refractivity contribution in [2.24, 2.45) is 0 Å². The molecule has 0 aliphatic carbocycles. The number of anilines is 1. The van der Waals surface area contributed by atoms with E-state index in [1.54, 1.807) is 13.0 Å². The number of aromatic nitrogens is 1. The maximum Gasteiger partial charge on any atom is 0.331 e. The van der Waals surface area contributed by atoms with Crippen LogP contribution in [-0.2, 0) is 14.3 Å². The van der Waals surface area contributed by atoms with E-state index in [-0.39, 0.29) is 16.5 Å². The van der Waals surface area contributed by atoms with Crippen molar-refractivity contribution in [1.82, 2.24) is 5.16 Å². The van der Waals surface area contributed by atoms with E-state index in [0.29, 0.717) is 24.2 Å². The average molecular weight is 422 g/mol. The molecule has 2 aromatic rings. The highest BCUT2D eigenvalue weighted by atomic mass is 35.5. The molecule has 10 heteroatoms. The first-order valence-corrected chi connectivity index (χ1v) is 9.24. The van der Waals surface area contributed by atoms with E-state index in [9.17, 15) is 19.7 Å². The summed E-state index contributed by atoms with van der Waals surface area (Å²) in [4.78, 5) is 34.9. The van der Waals surface area contributed by atoms with Gasteiger partial charge in [0.25, 0.3) is 11.6 Å². The van der Waals surface area contributed by atoms with Crippen molar-refractivity contribution in [1.29, 1.82) is 0 Å². The summed E-state index contributed by atoms with van der Waals surface area (Å²) in [5.74, 6) is -0.512. The Morgan fingerprint density at radius 3 is 2.79 bits per heavy atom. The zero-order valence-corrected chi connectivity index (χ0v) is 16.6. The lowest BCUT2D eigenvalue weighted by atomic mass is 10.1. The summed E-state index contributed by atoms with van der Waals surface area (Å²) in [6.45, 7) is 3.63. The number of nitro benzene ring substituents is 1. The minimum Gasteiger partial charge on any atom is -0.449 e. The number of nitro groups is 1. The molecule has 1 heterocycles. The van der Waals surface area contributed by atoms with Gasteiger partial charge in [-0.3, -0.25) is 14.9 Å². The minimum absolute atomic E-state index is 0.00544. The second kappa shape index (κ2) is 10.4. The van der Waals surface area contributed by atoms with Gasteiger partial charge in [-0.15, -0.1) is 0 Å². The second-order valence-corrected chi connectivity index (χ2v) is 6.59. The van der Waals surface area contributed by atoms with Gasteiger partial charge in [-0.25, -0.2) is 4.79 Å². The van der Waals surface area contributed by atoms with Crippen LogP contribution in [0.5, 0.6) is 0 Å². The van der Waals surface area contributed by atoms with E-state index < -0.39 is 22.9 Å². The molecule has 1 amide bonds. The van der Waals surface area contributed by atoms with Gasteiger partial charge < -0.3 is 14.6 Å². The summed E-state index contributed by atoms with van der Waals surface area (Å²) in [6, 6.07) is 5.67. The zero-order valence-electron chi connectivity index (χ0n) is 15.9. The molecule has 9 nitrogen and oxygen atoms in total. The van der Waals surface area contributed by atoms with Gasteiger partial charge in [0.1, 0.15) is 10.8 Å². The van der Waals surface area contributed by atoms with Crippen LogP contribution < -0.4 is 5.32 Å². The van der Waals surface area contributed by atoms with Crippen LogP contribution in [0.2, 0.25) is 5.02 Å². The molecule has 1 aromatic heterocycles. The Kier molecular flexibility index (Phi) is 7.90. The lowest BCUT2D eigenvalue weighted by Crippen LogP contribution is -2.32. The van der Waals surface area contributed by atoms with Crippen LogP contribution in [0.25, 0.3) is 6.08 Å². The molecular formula is C19H20ClN3O6. The highest BCUT2D eigenvalue weighted by molar-refractivity contribution is 6.32. The number of ether oxygens (including phenoxy) is 1. The van der Waals surface area contributed by atoms with Crippen molar-refractivity contribution >= 4 is 41.1 Å². The van der Waals surface area contributed by atoms with Crippen molar-refractivity contribution in [3.63, 3.8) is 0 Å². The number of hydrogen-bond acceptors (Lipinski definition) is 7. The Labute approximate surface area is 171 Å². The number of benzene rings is 1. The van der Waals surface area contributed by atoms with Gasteiger partial charge in [0.2, 0.25) is 0 Å². The monoisotopic (exact) mass is 421 g/mol. The van der Waals surface area contributed by atoms with Crippen molar-refractivity contribution in [3.05, 3.63) is 56.8 Å². The third kappa shape index (κ3) is 6.72. The topological polar surface area (TPSA) is 125 Å². The molecule has 0 bridgehead atoms. The molecule has 0 fully saturated rings. The third-order valence-corrected chi connectivity index (χ3v) is 4.15. The number of hydrogen-bond donors (Lipinski definition) is 1. The fourth-order valence-electron chi connectivity index (χ4n) is 2.38. The Morgan fingerprint density at radius 2 is 2.17 bits per heavy atom. The van der Waals surface area contributed by atoms with E-state index in [2.05, 4.69) is 10.5 Å². The molecule has 154 valence electrons. The Hall–Kier alpha value is -3.20. The number of aryl methyl sites for hydroxylation is 1. The van der Waals surface area contributed by atoms with Crippen LogP contribution >= 0.6 is 11.6 Å². The Bertz CT molecular complexity index is 924. The fraction of sp³-hybridized carbons (Fsp3) is 0.316. The molecule has 1 N–H and O–H groups in total. The predicted octanol–water partition coefficient (Wildman–Crippen LogP) is 4.30. The van der Waals surface area contributed by atoms with Crippen LogP contribution in [0.4, 0.5) is 11.5 Å². The summed E-state index contributed by atoms with van der Waals surface area (Å²) in [7, 11) is 0. The van der Waals surface area contributed by atoms with Crippen LogP contribution in [0.1, 0.15) is 37.5 Å². The minimum atomic E-state index is -1.01. The quantitative estimate of drug-likeness (QED) is 0.277. The Morgan fingerprint density at radius 1 is 1.41 bits per heavy atom. The number of halogens is 1. The first-order valence-electron chi connectivity index (χ1n) is 8.87. The summed E-state index contributed by atoms with van der Waals surface area (Å²) in [5, 5.41) is 17.1. The maximum absolute atomic E-state index is 12.4. The second-order valence-electron chi connectivity index (χ2n) is 6.18. The van der Waals surface area contributed by atoms with Crippen LogP contribution in [0.15, 0.2) is 34.9 Å². The van der Waals surface area contributed by atoms with Gasteiger partial charge in [0.05, 0.1) is 4.92 Å². The Balaban J connectivity index is 2.05. The number of carbonyl (C=O) groups is 2. The zero-order chi connectivity index (χ0) is 21.4. The number of nitrogens with one attached hydrogen (secondary N) is 1. The summed E-state index contributed by atoms with van der Waals surface area (Å²) in [6.07, 6.45) is 3.26. The molecule has 0 spiro atoms. The van der Waals surface area contributed by atoms with Crippen molar-refractivity contribution < 1.29 is 23.8 Å². The van der Waals surface area contributed by atoms with Crippen LogP contribution in [-0.4, -0.2) is 28.1 Å². The number of unbranched alkanes of at least 4 members (excludes halogenated alkanes) is 1. The molecule has 29 heavy (non-hydrogen) atoms. The predicted molar refractivity (Wildman–Crippen MR) is 106 cm³/mol. The molecule has 0 saturated carbocycles. The molecule has 1 aromatic carbocycles. The number of rotatable bonds is 9. The molecule has 0 saturated heterocycles. The normalized spacial score (nSPS) is 12.0. The standard InChI is InChI=1S/C19H20ClN3O6/c1-3-4-5-16(19(25)21-17-10-12(2)29-22-17)28-18(24)9-7-13-6-8-14(20)15(11-13)23(26)27/h6-11,16H,3-5H2,1-2H3,(H,21,22,25)/b9-7+. The van der Waals surface area contributed by atoms with Crippen LogP contribution in [0.3, 0.4) is 0 Å². The number of amides is 1. The number of nitrogens with zero attached hydrogens (tertiary/aromatic N) is 2. The summed E-state index contributed by atoms with van der Waals surface area (Å²) < 4.78 is 10.1. The van der Waals surface area contributed by atoms with Gasteiger partial charge in [0.15, 0.2) is 11.9 Å². The summed E-state index contributed by atoms with van der Waals surface area (Å²) in [5.41, 5.74) is 0.121. The van der Waals surface area contributed by atoms with E-state index in [0.717, 1.165) is 12.5 Å². The lowest BCUT2D eigenvalue weighted by molar-refractivity contribution is -0.384. The largest absolute Gasteiger partial charge is 0.449 e. The lowest BCUT2D eigenvalue weighted by Gasteiger charge is -2.15. The van der Waals surface area contributed by atoms with E-state index >= 15 is 0 Å². The molecule has 2 rings (SSSR count).